The van der Waals surface area contributed by atoms with Crippen LogP contribution in [-0.4, -0.2) is 66.9 Å². The molecule has 11 nitrogen and oxygen atoms in total. The van der Waals surface area contributed by atoms with Crippen molar-refractivity contribution in [3.8, 4) is 5.88 Å². The van der Waals surface area contributed by atoms with E-state index in [1.807, 2.05) is 30.5 Å². The Balaban J connectivity index is 1.39. The molecule has 6 rings (SSSR count). The first-order valence-electron chi connectivity index (χ1n) is 11.0. The monoisotopic (exact) mass is 445 g/mol. The molecular formula is C22H23N9O2. The zero-order valence-electron chi connectivity index (χ0n) is 17.8. The normalized spacial score (nSPS) is 17.9. The summed E-state index contributed by atoms with van der Waals surface area (Å²) in [4.78, 5) is 35.1. The molecule has 3 N–H and O–H groups in total. The van der Waals surface area contributed by atoms with Crippen molar-refractivity contribution < 1.29 is 5.11 Å². The summed E-state index contributed by atoms with van der Waals surface area (Å²) in [5.41, 5.74) is 1.20. The van der Waals surface area contributed by atoms with Crippen molar-refractivity contribution in [3.05, 3.63) is 63.5 Å². The molecule has 1 saturated carbocycles. The average molecular weight is 445 g/mol. The lowest BCUT2D eigenvalue weighted by atomic mass is 10.3. The number of fused-ring (bicyclic) bond motifs is 1. The van der Waals surface area contributed by atoms with Gasteiger partial charge in [-0.3, -0.25) is 9.98 Å². The molecule has 1 saturated heterocycles. The second kappa shape index (κ2) is 7.76. The molecule has 0 atom stereocenters. The van der Waals surface area contributed by atoms with Crippen molar-refractivity contribution >= 4 is 23.4 Å². The van der Waals surface area contributed by atoms with Gasteiger partial charge in [0.1, 0.15) is 17.3 Å². The van der Waals surface area contributed by atoms with Crippen molar-refractivity contribution in [2.24, 2.45) is 4.99 Å². The summed E-state index contributed by atoms with van der Waals surface area (Å²) in [6.45, 7) is 3.30. The molecule has 168 valence electrons. The predicted octanol–water partition coefficient (Wildman–Crippen LogP) is -0.216. The number of aromatic amines is 2. The lowest BCUT2D eigenvalue weighted by molar-refractivity contribution is 0.454. The first-order valence-corrected chi connectivity index (χ1v) is 11.0. The SMILES string of the molecule is O=c1[nH]c(O)c(C=c2cnn3c(=NC4CC4)cc(N4CCN(c5ccccn5)CC4)nc23)[nH]1. The summed E-state index contributed by atoms with van der Waals surface area (Å²) in [7, 11) is 0. The third-order valence-electron chi connectivity index (χ3n) is 5.94. The van der Waals surface area contributed by atoms with E-state index in [9.17, 15) is 9.90 Å². The van der Waals surface area contributed by atoms with Crippen LogP contribution in [0.3, 0.4) is 0 Å². The van der Waals surface area contributed by atoms with Gasteiger partial charge in [-0.1, -0.05) is 6.07 Å². The number of aromatic nitrogens is 6. The van der Waals surface area contributed by atoms with Gasteiger partial charge in [-0.15, -0.1) is 0 Å². The van der Waals surface area contributed by atoms with Gasteiger partial charge in [0.2, 0.25) is 5.88 Å². The van der Waals surface area contributed by atoms with E-state index < -0.39 is 5.69 Å². The quantitative estimate of drug-likeness (QED) is 0.396. The number of anilines is 2. The third-order valence-corrected chi connectivity index (χ3v) is 5.94. The molecule has 0 unspecified atom stereocenters. The summed E-state index contributed by atoms with van der Waals surface area (Å²) in [5.74, 6) is 1.60. The summed E-state index contributed by atoms with van der Waals surface area (Å²) < 4.78 is 1.72. The highest BCUT2D eigenvalue weighted by molar-refractivity contribution is 5.58. The summed E-state index contributed by atoms with van der Waals surface area (Å²) in [6.07, 6.45) is 7.31. The average Bonchev–Trinajstić information content (AvgIpc) is 3.47. The third kappa shape index (κ3) is 3.81. The number of aromatic hydroxyl groups is 1. The lowest BCUT2D eigenvalue weighted by Gasteiger charge is -2.36. The summed E-state index contributed by atoms with van der Waals surface area (Å²) >= 11 is 0. The topological polar surface area (TPSA) is 131 Å². The second-order valence-electron chi connectivity index (χ2n) is 8.32. The zero-order chi connectivity index (χ0) is 22.4. The van der Waals surface area contributed by atoms with Crippen LogP contribution in [0.1, 0.15) is 18.5 Å². The lowest BCUT2D eigenvalue weighted by Crippen LogP contribution is -2.47. The van der Waals surface area contributed by atoms with Gasteiger partial charge in [0.15, 0.2) is 11.1 Å². The molecule has 0 aromatic carbocycles. The number of nitrogens with zero attached hydrogens (tertiary/aromatic N) is 7. The van der Waals surface area contributed by atoms with E-state index in [-0.39, 0.29) is 11.6 Å². The fourth-order valence-corrected chi connectivity index (χ4v) is 4.05. The second-order valence-corrected chi connectivity index (χ2v) is 8.32. The molecule has 4 aromatic heterocycles. The molecule has 5 heterocycles. The van der Waals surface area contributed by atoms with Crippen LogP contribution in [-0.2, 0) is 0 Å². The van der Waals surface area contributed by atoms with Gasteiger partial charge in [-0.25, -0.2) is 14.8 Å². The molecule has 2 fully saturated rings. The van der Waals surface area contributed by atoms with E-state index in [1.54, 1.807) is 16.8 Å². The van der Waals surface area contributed by atoms with E-state index >= 15 is 0 Å². The van der Waals surface area contributed by atoms with Crippen molar-refractivity contribution in [1.82, 2.24) is 29.5 Å². The zero-order valence-corrected chi connectivity index (χ0v) is 17.8. The minimum atomic E-state index is -0.473. The van der Waals surface area contributed by atoms with Gasteiger partial charge in [0.05, 0.1) is 12.2 Å². The molecule has 0 spiro atoms. The number of rotatable bonds is 4. The molecule has 0 amide bonds. The molecule has 11 heteroatoms. The largest absolute Gasteiger partial charge is 0.493 e. The molecule has 1 aliphatic heterocycles. The Kier molecular flexibility index (Phi) is 4.60. The van der Waals surface area contributed by atoms with Crippen LogP contribution in [0.2, 0.25) is 0 Å². The van der Waals surface area contributed by atoms with Crippen molar-refractivity contribution in [2.75, 3.05) is 36.0 Å². The van der Waals surface area contributed by atoms with E-state index in [1.165, 1.54) is 0 Å². The Bertz CT molecular complexity index is 1480. The van der Waals surface area contributed by atoms with E-state index in [0.717, 1.165) is 56.1 Å². The maximum atomic E-state index is 11.5. The molecule has 33 heavy (non-hydrogen) atoms. The Morgan fingerprint density at radius 1 is 1.09 bits per heavy atom. The maximum absolute atomic E-state index is 11.5. The minimum absolute atomic E-state index is 0.218. The van der Waals surface area contributed by atoms with Crippen LogP contribution < -0.4 is 26.2 Å². The molecule has 4 aromatic rings. The Labute approximate surface area is 187 Å². The van der Waals surface area contributed by atoms with Crippen LogP contribution in [0.15, 0.2) is 46.4 Å². The number of hydrogen-bond acceptors (Lipinski definition) is 8. The summed E-state index contributed by atoms with van der Waals surface area (Å²) in [5, 5.41) is 15.1. The van der Waals surface area contributed by atoms with Crippen LogP contribution in [0, 0.1) is 0 Å². The number of H-pyrrole nitrogens is 2. The number of piperazine rings is 1. The highest BCUT2D eigenvalue weighted by atomic mass is 16.3. The van der Waals surface area contributed by atoms with Gasteiger partial charge >= 0.3 is 5.69 Å². The van der Waals surface area contributed by atoms with Crippen LogP contribution in [0.4, 0.5) is 11.6 Å². The Hall–Kier alpha value is -4.15. The molecule has 0 bridgehead atoms. The number of hydrogen-bond donors (Lipinski definition) is 3. The number of imidazole rings is 1. The maximum Gasteiger partial charge on any atom is 0.326 e. The first-order chi connectivity index (χ1) is 16.1. The van der Waals surface area contributed by atoms with Crippen molar-refractivity contribution in [1.29, 1.82) is 0 Å². The highest BCUT2D eigenvalue weighted by Gasteiger charge is 2.22. The highest BCUT2D eigenvalue weighted by Crippen LogP contribution is 2.23. The van der Waals surface area contributed by atoms with Gasteiger partial charge < -0.3 is 19.9 Å². The molecular weight excluding hydrogens is 422 g/mol. The number of nitrogens with one attached hydrogen (secondary N) is 2. The van der Waals surface area contributed by atoms with E-state index in [2.05, 4.69) is 29.9 Å². The molecule has 2 aliphatic rings. The first kappa shape index (κ1) is 19.5. The number of pyridine rings is 1. The van der Waals surface area contributed by atoms with Crippen molar-refractivity contribution in [2.45, 2.75) is 18.9 Å². The fraction of sp³-hybridized carbons (Fsp3) is 0.318. The smallest absolute Gasteiger partial charge is 0.326 e. The van der Waals surface area contributed by atoms with Crippen LogP contribution in [0.5, 0.6) is 5.88 Å². The van der Waals surface area contributed by atoms with E-state index in [0.29, 0.717) is 16.9 Å². The van der Waals surface area contributed by atoms with Gasteiger partial charge in [-0.05, 0) is 31.1 Å². The predicted molar refractivity (Wildman–Crippen MR) is 122 cm³/mol. The van der Waals surface area contributed by atoms with Gasteiger partial charge in [0, 0.05) is 43.7 Å². The van der Waals surface area contributed by atoms with Crippen LogP contribution >= 0.6 is 0 Å². The standard InChI is InChI=1S/C22H23N9O2/c32-21-16(26-22(33)28-21)11-14-13-24-31-19(25-15-4-5-15)12-18(27-20(14)31)30-9-7-29(8-10-30)17-3-1-2-6-23-17/h1-3,6,11-13,15,32H,4-5,7-10H2,(H2,26,28,33). The minimum Gasteiger partial charge on any atom is -0.493 e. The van der Waals surface area contributed by atoms with Crippen LogP contribution in [0.25, 0.3) is 11.7 Å². The fourth-order valence-electron chi connectivity index (χ4n) is 4.05. The molecule has 0 radical (unpaired) electrons. The van der Waals surface area contributed by atoms with Gasteiger partial charge in [0.25, 0.3) is 0 Å². The van der Waals surface area contributed by atoms with Crippen molar-refractivity contribution in [3.63, 3.8) is 0 Å². The Morgan fingerprint density at radius 2 is 1.88 bits per heavy atom. The Morgan fingerprint density at radius 3 is 2.55 bits per heavy atom. The van der Waals surface area contributed by atoms with E-state index in [4.69, 9.17) is 9.98 Å². The summed E-state index contributed by atoms with van der Waals surface area (Å²) in [6, 6.07) is 8.28. The molecule has 1 aliphatic carbocycles. The van der Waals surface area contributed by atoms with Gasteiger partial charge in [-0.2, -0.15) is 9.61 Å².